The molecule has 2 fully saturated rings. The molecule has 0 bridgehead atoms. The number of aryl methyl sites for hydroxylation is 1. The molecule has 2 saturated heterocycles. The van der Waals surface area contributed by atoms with Crippen molar-refractivity contribution in [2.24, 2.45) is 5.92 Å². The van der Waals surface area contributed by atoms with Crippen molar-refractivity contribution in [3.63, 3.8) is 0 Å². The van der Waals surface area contributed by atoms with Gasteiger partial charge in [0, 0.05) is 76.0 Å². The molecule has 4 rings (SSSR count). The normalized spacial score (nSPS) is 21.5. The van der Waals surface area contributed by atoms with E-state index in [-0.39, 0.29) is 18.4 Å². The van der Waals surface area contributed by atoms with Crippen molar-refractivity contribution in [1.82, 2.24) is 24.0 Å². The number of fused-ring (bicyclic) bond motifs is 1. The number of nitrogens with zero attached hydrogens (tertiary/aromatic N) is 4. The quantitative estimate of drug-likeness (QED) is 0.630. The number of rotatable bonds is 8. The molecule has 182 valence electrons. The summed E-state index contributed by atoms with van der Waals surface area (Å²) in [7, 11) is -3.63. The van der Waals surface area contributed by atoms with E-state index in [1.165, 1.54) is 4.31 Å². The zero-order valence-electron chi connectivity index (χ0n) is 19.9. The van der Waals surface area contributed by atoms with Crippen molar-refractivity contribution in [1.29, 1.82) is 0 Å². The van der Waals surface area contributed by atoms with E-state index in [2.05, 4.69) is 33.5 Å². The number of piperazine rings is 1. The van der Waals surface area contributed by atoms with Gasteiger partial charge >= 0.3 is 0 Å². The standard InChI is InChI=1S/C24H37N5O3S/c1-3-26-14-16-27(17-15-26)13-10-25-24(30)21-6-5-11-29(19-21)33(31,32)22-7-8-23-20(18-22)9-12-28(23)4-2/h7-9,12,18,21H,3-6,10-11,13-17,19H2,1-2H3,(H,25,30)/t21-/m1/s1. The Morgan fingerprint density at radius 2 is 1.79 bits per heavy atom. The molecule has 0 saturated carbocycles. The third-order valence-corrected chi connectivity index (χ3v) is 8.98. The number of benzene rings is 1. The largest absolute Gasteiger partial charge is 0.355 e. The van der Waals surface area contributed by atoms with Gasteiger partial charge in [0.1, 0.15) is 0 Å². The number of hydrogen-bond acceptors (Lipinski definition) is 5. The molecular formula is C24H37N5O3S. The van der Waals surface area contributed by atoms with E-state index < -0.39 is 10.0 Å². The number of amides is 1. The number of piperidine rings is 1. The molecule has 1 atom stereocenters. The van der Waals surface area contributed by atoms with Gasteiger partial charge < -0.3 is 14.8 Å². The van der Waals surface area contributed by atoms with Crippen LogP contribution in [0.2, 0.25) is 0 Å². The fraction of sp³-hybridized carbons (Fsp3) is 0.625. The highest BCUT2D eigenvalue weighted by Crippen LogP contribution is 2.27. The monoisotopic (exact) mass is 475 g/mol. The van der Waals surface area contributed by atoms with Gasteiger partial charge in [0.05, 0.1) is 10.8 Å². The molecule has 1 aromatic heterocycles. The summed E-state index contributed by atoms with van der Waals surface area (Å²) in [5.41, 5.74) is 1.03. The number of aromatic nitrogens is 1. The molecule has 1 N–H and O–H groups in total. The summed E-state index contributed by atoms with van der Waals surface area (Å²) in [6.45, 7) is 12.6. The second kappa shape index (κ2) is 10.5. The van der Waals surface area contributed by atoms with Crippen molar-refractivity contribution in [2.45, 2.75) is 38.1 Å². The predicted molar refractivity (Wildman–Crippen MR) is 131 cm³/mol. The summed E-state index contributed by atoms with van der Waals surface area (Å²) in [5, 5.41) is 3.97. The molecule has 2 aromatic rings. The average molecular weight is 476 g/mol. The lowest BCUT2D eigenvalue weighted by atomic mass is 9.99. The lowest BCUT2D eigenvalue weighted by molar-refractivity contribution is -0.126. The fourth-order valence-electron chi connectivity index (χ4n) is 4.95. The maximum absolute atomic E-state index is 13.3. The van der Waals surface area contributed by atoms with Crippen LogP contribution in [0.3, 0.4) is 0 Å². The van der Waals surface area contributed by atoms with E-state index in [0.717, 1.165) is 63.1 Å². The van der Waals surface area contributed by atoms with E-state index in [9.17, 15) is 13.2 Å². The number of hydrogen-bond donors (Lipinski definition) is 1. The number of carbonyl (C=O) groups excluding carboxylic acids is 1. The van der Waals surface area contributed by atoms with Crippen LogP contribution in [0.1, 0.15) is 26.7 Å². The SMILES string of the molecule is CCN1CCN(CCNC(=O)[C@@H]2CCCN(S(=O)(=O)c3ccc4c(ccn4CC)c3)C2)CC1. The van der Waals surface area contributed by atoms with E-state index in [4.69, 9.17) is 0 Å². The van der Waals surface area contributed by atoms with Gasteiger partial charge in [0.25, 0.3) is 0 Å². The minimum atomic E-state index is -3.63. The smallest absolute Gasteiger partial charge is 0.243 e. The van der Waals surface area contributed by atoms with Crippen LogP contribution in [0.4, 0.5) is 0 Å². The molecule has 0 spiro atoms. The second-order valence-corrected chi connectivity index (χ2v) is 11.0. The fourth-order valence-corrected chi connectivity index (χ4v) is 6.51. The summed E-state index contributed by atoms with van der Waals surface area (Å²) in [5.74, 6) is -0.326. The van der Waals surface area contributed by atoms with Crippen molar-refractivity contribution in [3.8, 4) is 0 Å². The molecule has 1 aromatic carbocycles. The predicted octanol–water partition coefficient (Wildman–Crippen LogP) is 1.82. The molecule has 2 aliphatic rings. The van der Waals surface area contributed by atoms with Gasteiger partial charge in [-0.05, 0) is 50.6 Å². The van der Waals surface area contributed by atoms with E-state index in [0.29, 0.717) is 24.4 Å². The Morgan fingerprint density at radius 3 is 2.52 bits per heavy atom. The zero-order valence-corrected chi connectivity index (χ0v) is 20.7. The summed E-state index contributed by atoms with van der Waals surface area (Å²) in [4.78, 5) is 17.9. The molecule has 8 nitrogen and oxygen atoms in total. The van der Waals surface area contributed by atoms with Crippen molar-refractivity contribution < 1.29 is 13.2 Å². The number of likely N-dealkylation sites (N-methyl/N-ethyl adjacent to an activating group) is 1. The highest BCUT2D eigenvalue weighted by Gasteiger charge is 2.33. The highest BCUT2D eigenvalue weighted by atomic mass is 32.2. The van der Waals surface area contributed by atoms with Crippen molar-refractivity contribution in [2.75, 3.05) is 58.9 Å². The van der Waals surface area contributed by atoms with Crippen LogP contribution < -0.4 is 5.32 Å². The molecule has 0 aliphatic carbocycles. The van der Waals surface area contributed by atoms with E-state index >= 15 is 0 Å². The first-order valence-corrected chi connectivity index (χ1v) is 13.7. The van der Waals surface area contributed by atoms with Gasteiger partial charge in [-0.3, -0.25) is 9.69 Å². The summed E-state index contributed by atoms with van der Waals surface area (Å²) >= 11 is 0. The Balaban J connectivity index is 1.33. The third-order valence-electron chi connectivity index (χ3n) is 7.12. The summed E-state index contributed by atoms with van der Waals surface area (Å²) in [6, 6.07) is 7.26. The topological polar surface area (TPSA) is 77.9 Å². The number of nitrogens with one attached hydrogen (secondary N) is 1. The van der Waals surface area contributed by atoms with Crippen molar-refractivity contribution in [3.05, 3.63) is 30.5 Å². The highest BCUT2D eigenvalue weighted by molar-refractivity contribution is 7.89. The molecule has 0 unspecified atom stereocenters. The molecule has 1 amide bonds. The Labute approximate surface area is 197 Å². The maximum atomic E-state index is 13.3. The van der Waals surface area contributed by atoms with E-state index in [1.807, 2.05) is 18.3 Å². The second-order valence-electron chi connectivity index (χ2n) is 9.09. The van der Waals surface area contributed by atoms with Crippen molar-refractivity contribution >= 4 is 26.8 Å². The van der Waals surface area contributed by atoms with E-state index in [1.54, 1.807) is 12.1 Å². The van der Waals surface area contributed by atoms with Crippen LogP contribution in [0.25, 0.3) is 10.9 Å². The van der Waals surface area contributed by atoms with Crippen LogP contribution in [0.5, 0.6) is 0 Å². The molecule has 2 aliphatic heterocycles. The van der Waals surface area contributed by atoms with Gasteiger partial charge in [-0.25, -0.2) is 8.42 Å². The Hall–Kier alpha value is -1.94. The maximum Gasteiger partial charge on any atom is 0.243 e. The van der Waals surface area contributed by atoms with Gasteiger partial charge in [0.15, 0.2) is 0 Å². The molecule has 3 heterocycles. The zero-order chi connectivity index (χ0) is 23.4. The first-order chi connectivity index (χ1) is 15.9. The minimum absolute atomic E-state index is 0.0300. The summed E-state index contributed by atoms with van der Waals surface area (Å²) in [6.07, 6.45) is 3.40. The summed E-state index contributed by atoms with van der Waals surface area (Å²) < 4.78 is 30.2. The third kappa shape index (κ3) is 5.42. The molecule has 0 radical (unpaired) electrons. The Kier molecular flexibility index (Phi) is 7.73. The van der Waals surface area contributed by atoms with Gasteiger partial charge in [-0.2, -0.15) is 4.31 Å². The number of carbonyl (C=O) groups is 1. The molecular weight excluding hydrogens is 438 g/mol. The van der Waals surface area contributed by atoms with Gasteiger partial charge in [0.2, 0.25) is 15.9 Å². The van der Waals surface area contributed by atoms with Crippen LogP contribution >= 0.6 is 0 Å². The van der Waals surface area contributed by atoms with Crippen LogP contribution in [-0.4, -0.2) is 91.9 Å². The Morgan fingerprint density at radius 1 is 1.03 bits per heavy atom. The average Bonchev–Trinajstić information content (AvgIpc) is 3.27. The first-order valence-electron chi connectivity index (χ1n) is 12.2. The van der Waals surface area contributed by atoms with Crippen LogP contribution in [0, 0.1) is 5.92 Å². The molecule has 33 heavy (non-hydrogen) atoms. The number of sulfonamides is 1. The Bertz CT molecular complexity index is 1060. The van der Waals surface area contributed by atoms with Gasteiger partial charge in [-0.1, -0.05) is 6.92 Å². The molecule has 9 heteroatoms. The lowest BCUT2D eigenvalue weighted by Crippen LogP contribution is -2.49. The van der Waals surface area contributed by atoms with Crippen LogP contribution in [0.15, 0.2) is 35.4 Å². The minimum Gasteiger partial charge on any atom is -0.355 e. The van der Waals surface area contributed by atoms with Gasteiger partial charge in [-0.15, -0.1) is 0 Å². The first kappa shape index (κ1) is 24.2. The lowest BCUT2D eigenvalue weighted by Gasteiger charge is -2.34. The van der Waals surface area contributed by atoms with Crippen LogP contribution in [-0.2, 0) is 21.4 Å².